The molecule has 0 unspecified atom stereocenters. The number of likely N-dealkylation sites (N-methyl/N-ethyl adjacent to an activating group) is 1. The molecule has 0 aromatic heterocycles. The average molecular weight is 260 g/mol. The molecule has 4 nitrogen and oxygen atoms in total. The standard InChI is InChI=1S/C15H20N2O2/c1-3-5-13-6-8-14(9-7-13)19-12-15(18)17(2)11-4-10-16/h6-9H,3-5,11-12H2,1-2H3. The van der Waals surface area contributed by atoms with Gasteiger partial charge < -0.3 is 9.64 Å². The van der Waals surface area contributed by atoms with Gasteiger partial charge in [-0.25, -0.2) is 0 Å². The Morgan fingerprint density at radius 3 is 2.63 bits per heavy atom. The highest BCUT2D eigenvalue weighted by atomic mass is 16.5. The third kappa shape index (κ3) is 5.43. The van der Waals surface area contributed by atoms with E-state index in [4.69, 9.17) is 10.00 Å². The molecule has 19 heavy (non-hydrogen) atoms. The summed E-state index contributed by atoms with van der Waals surface area (Å²) in [4.78, 5) is 13.2. The maximum absolute atomic E-state index is 11.7. The topological polar surface area (TPSA) is 53.3 Å². The van der Waals surface area contributed by atoms with E-state index in [0.29, 0.717) is 18.7 Å². The number of carbonyl (C=O) groups excluding carboxylic acids is 1. The quantitative estimate of drug-likeness (QED) is 0.756. The summed E-state index contributed by atoms with van der Waals surface area (Å²) in [5.74, 6) is 0.578. The van der Waals surface area contributed by atoms with Crippen LogP contribution in [-0.4, -0.2) is 31.0 Å². The molecule has 0 saturated carbocycles. The molecule has 4 heteroatoms. The summed E-state index contributed by atoms with van der Waals surface area (Å²) in [6.07, 6.45) is 2.51. The number of aryl methyl sites for hydroxylation is 1. The fraction of sp³-hybridized carbons (Fsp3) is 0.467. The van der Waals surface area contributed by atoms with E-state index in [1.807, 2.05) is 30.3 Å². The Labute approximate surface area is 114 Å². The number of hydrogen-bond donors (Lipinski definition) is 0. The van der Waals surface area contributed by atoms with E-state index in [9.17, 15) is 4.79 Å². The zero-order chi connectivity index (χ0) is 14.1. The molecular weight excluding hydrogens is 240 g/mol. The second kappa shape index (κ2) is 8.15. The van der Waals surface area contributed by atoms with Crippen LogP contribution in [-0.2, 0) is 11.2 Å². The Hall–Kier alpha value is -2.02. The van der Waals surface area contributed by atoms with Crippen LogP contribution in [0.2, 0.25) is 0 Å². The fourth-order valence-corrected chi connectivity index (χ4v) is 1.64. The number of hydrogen-bond acceptors (Lipinski definition) is 3. The van der Waals surface area contributed by atoms with Crippen molar-refractivity contribution in [1.82, 2.24) is 4.90 Å². The number of nitrogens with zero attached hydrogens (tertiary/aromatic N) is 2. The molecule has 0 fully saturated rings. The molecule has 0 N–H and O–H groups in total. The summed E-state index contributed by atoms with van der Waals surface area (Å²) >= 11 is 0. The van der Waals surface area contributed by atoms with Crippen molar-refractivity contribution in [2.45, 2.75) is 26.2 Å². The maximum Gasteiger partial charge on any atom is 0.260 e. The van der Waals surface area contributed by atoms with Gasteiger partial charge >= 0.3 is 0 Å². The molecule has 0 aliphatic carbocycles. The fourth-order valence-electron chi connectivity index (χ4n) is 1.64. The zero-order valence-electron chi connectivity index (χ0n) is 11.6. The summed E-state index contributed by atoms with van der Waals surface area (Å²) in [5.41, 5.74) is 1.27. The van der Waals surface area contributed by atoms with E-state index >= 15 is 0 Å². The minimum atomic E-state index is -0.118. The predicted molar refractivity (Wildman–Crippen MR) is 73.8 cm³/mol. The van der Waals surface area contributed by atoms with Crippen LogP contribution >= 0.6 is 0 Å². The summed E-state index contributed by atoms with van der Waals surface area (Å²) in [7, 11) is 1.67. The smallest absolute Gasteiger partial charge is 0.260 e. The first-order valence-electron chi connectivity index (χ1n) is 6.50. The SMILES string of the molecule is CCCc1ccc(OCC(=O)N(C)CCC#N)cc1. The van der Waals surface area contributed by atoms with Crippen LogP contribution in [0, 0.1) is 11.3 Å². The zero-order valence-corrected chi connectivity index (χ0v) is 11.6. The molecule has 0 radical (unpaired) electrons. The molecule has 0 aliphatic heterocycles. The van der Waals surface area contributed by atoms with Gasteiger partial charge in [-0.1, -0.05) is 25.5 Å². The minimum absolute atomic E-state index is 0.00898. The van der Waals surface area contributed by atoms with Gasteiger partial charge in [-0.3, -0.25) is 4.79 Å². The number of benzene rings is 1. The van der Waals surface area contributed by atoms with Gasteiger partial charge in [0.15, 0.2) is 6.61 Å². The Balaban J connectivity index is 2.39. The van der Waals surface area contributed by atoms with Crippen LogP contribution in [0.25, 0.3) is 0 Å². The Kier molecular flexibility index (Phi) is 6.45. The predicted octanol–water partition coefficient (Wildman–Crippen LogP) is 2.39. The monoisotopic (exact) mass is 260 g/mol. The van der Waals surface area contributed by atoms with Crippen LogP contribution < -0.4 is 4.74 Å². The Morgan fingerprint density at radius 2 is 2.05 bits per heavy atom. The molecule has 0 spiro atoms. The first kappa shape index (κ1) is 15.0. The molecule has 0 bridgehead atoms. The van der Waals surface area contributed by atoms with E-state index in [1.54, 1.807) is 7.05 Å². The molecule has 0 atom stereocenters. The molecule has 102 valence electrons. The van der Waals surface area contributed by atoms with Crippen LogP contribution in [0.15, 0.2) is 24.3 Å². The molecule has 1 amide bonds. The van der Waals surface area contributed by atoms with Crippen molar-refractivity contribution in [3.8, 4) is 11.8 Å². The summed E-state index contributed by atoms with van der Waals surface area (Å²) in [6, 6.07) is 9.81. The maximum atomic E-state index is 11.7. The van der Waals surface area contributed by atoms with Gasteiger partial charge in [-0.2, -0.15) is 5.26 Å². The highest BCUT2D eigenvalue weighted by Gasteiger charge is 2.08. The van der Waals surface area contributed by atoms with Crippen molar-refractivity contribution in [2.75, 3.05) is 20.2 Å². The van der Waals surface area contributed by atoms with Crippen molar-refractivity contribution < 1.29 is 9.53 Å². The van der Waals surface area contributed by atoms with Gasteiger partial charge in [0.2, 0.25) is 0 Å². The van der Waals surface area contributed by atoms with Gasteiger partial charge in [-0.15, -0.1) is 0 Å². The number of ether oxygens (including phenoxy) is 1. The van der Waals surface area contributed by atoms with Crippen molar-refractivity contribution in [3.05, 3.63) is 29.8 Å². The van der Waals surface area contributed by atoms with Gasteiger partial charge in [-0.05, 0) is 24.1 Å². The van der Waals surface area contributed by atoms with Gasteiger partial charge in [0, 0.05) is 13.6 Å². The van der Waals surface area contributed by atoms with Crippen LogP contribution in [0.5, 0.6) is 5.75 Å². The molecular formula is C15H20N2O2. The van der Waals surface area contributed by atoms with E-state index < -0.39 is 0 Å². The van der Waals surface area contributed by atoms with Crippen molar-refractivity contribution in [3.63, 3.8) is 0 Å². The third-order valence-corrected chi connectivity index (χ3v) is 2.81. The molecule has 1 rings (SSSR count). The Bertz CT molecular complexity index is 434. The van der Waals surface area contributed by atoms with Crippen LogP contribution in [0.1, 0.15) is 25.3 Å². The molecule has 0 aliphatic rings. The summed E-state index contributed by atoms with van der Waals surface area (Å²) < 4.78 is 5.43. The summed E-state index contributed by atoms with van der Waals surface area (Å²) in [5, 5.41) is 8.46. The van der Waals surface area contributed by atoms with Crippen LogP contribution in [0.4, 0.5) is 0 Å². The van der Waals surface area contributed by atoms with Crippen LogP contribution in [0.3, 0.4) is 0 Å². The molecule has 0 heterocycles. The lowest BCUT2D eigenvalue weighted by atomic mass is 10.1. The number of nitriles is 1. The van der Waals surface area contributed by atoms with Crippen molar-refractivity contribution in [1.29, 1.82) is 5.26 Å². The Morgan fingerprint density at radius 1 is 1.37 bits per heavy atom. The normalized spacial score (nSPS) is 9.74. The van der Waals surface area contributed by atoms with E-state index in [0.717, 1.165) is 12.8 Å². The summed E-state index contributed by atoms with van der Waals surface area (Å²) in [6.45, 7) is 2.59. The second-order valence-electron chi connectivity index (χ2n) is 4.41. The lowest BCUT2D eigenvalue weighted by Gasteiger charge is -2.15. The van der Waals surface area contributed by atoms with Crippen molar-refractivity contribution >= 4 is 5.91 Å². The number of carbonyl (C=O) groups is 1. The lowest BCUT2D eigenvalue weighted by Crippen LogP contribution is -2.32. The lowest BCUT2D eigenvalue weighted by molar-refractivity contribution is -0.131. The molecule has 1 aromatic rings. The van der Waals surface area contributed by atoms with Gasteiger partial charge in [0.25, 0.3) is 5.91 Å². The first-order chi connectivity index (χ1) is 9.17. The highest BCUT2D eigenvalue weighted by Crippen LogP contribution is 2.13. The van der Waals surface area contributed by atoms with E-state index in [2.05, 4.69) is 6.92 Å². The number of rotatable bonds is 7. The molecule has 0 saturated heterocycles. The first-order valence-corrected chi connectivity index (χ1v) is 6.50. The van der Waals surface area contributed by atoms with E-state index in [1.165, 1.54) is 10.5 Å². The molecule has 1 aromatic carbocycles. The van der Waals surface area contributed by atoms with Gasteiger partial charge in [0.1, 0.15) is 5.75 Å². The van der Waals surface area contributed by atoms with Crippen molar-refractivity contribution in [2.24, 2.45) is 0 Å². The second-order valence-corrected chi connectivity index (χ2v) is 4.41. The minimum Gasteiger partial charge on any atom is -0.484 e. The highest BCUT2D eigenvalue weighted by molar-refractivity contribution is 5.77. The van der Waals surface area contributed by atoms with E-state index in [-0.39, 0.29) is 12.5 Å². The number of amides is 1. The average Bonchev–Trinajstić information content (AvgIpc) is 2.44. The largest absolute Gasteiger partial charge is 0.484 e. The van der Waals surface area contributed by atoms with Gasteiger partial charge in [0.05, 0.1) is 12.5 Å². The third-order valence-electron chi connectivity index (χ3n) is 2.81.